The lowest BCUT2D eigenvalue weighted by molar-refractivity contribution is -0.118. The lowest BCUT2D eigenvalue weighted by Crippen LogP contribution is -2.33. The topological polar surface area (TPSA) is 90.9 Å². The molecule has 2 aliphatic rings. The summed E-state index contributed by atoms with van der Waals surface area (Å²) in [7, 11) is 0. The molecule has 1 heterocycles. The number of hydrogen-bond acceptors (Lipinski definition) is 5. The first-order valence-electron chi connectivity index (χ1n) is 9.66. The number of rotatable bonds is 6. The standard InChI is InChI=1S/C22H22N4O3/c1-14(27)20-13-19(25-26(20)18-5-3-2-4-6-18)22(29)24-16-9-7-15(8-10-16)21(28)23-17-11-12-17/h2-10,17,20H,11-13H2,1H3,(H,23,28)(H,24,29). The van der Waals surface area contributed by atoms with E-state index < -0.39 is 6.04 Å². The normalized spacial score (nSPS) is 18.2. The zero-order valence-electron chi connectivity index (χ0n) is 16.1. The summed E-state index contributed by atoms with van der Waals surface area (Å²) in [5, 5.41) is 11.7. The van der Waals surface area contributed by atoms with Crippen LogP contribution in [0.1, 0.15) is 36.5 Å². The molecule has 148 valence electrons. The molecular weight excluding hydrogens is 368 g/mol. The quantitative estimate of drug-likeness (QED) is 0.793. The molecule has 1 saturated carbocycles. The van der Waals surface area contributed by atoms with Gasteiger partial charge in [0.15, 0.2) is 5.78 Å². The van der Waals surface area contributed by atoms with Gasteiger partial charge in [-0.15, -0.1) is 0 Å². The Bertz CT molecular complexity index is 965. The Balaban J connectivity index is 1.45. The van der Waals surface area contributed by atoms with Crippen LogP contribution in [0.2, 0.25) is 0 Å². The molecule has 0 bridgehead atoms. The minimum Gasteiger partial charge on any atom is -0.349 e. The summed E-state index contributed by atoms with van der Waals surface area (Å²) in [4.78, 5) is 36.8. The van der Waals surface area contributed by atoms with Gasteiger partial charge in [-0.2, -0.15) is 5.10 Å². The number of nitrogens with one attached hydrogen (secondary N) is 2. The third-order valence-corrected chi connectivity index (χ3v) is 4.98. The van der Waals surface area contributed by atoms with E-state index in [4.69, 9.17) is 0 Å². The molecular formula is C22H22N4O3. The van der Waals surface area contributed by atoms with Crippen molar-refractivity contribution in [2.24, 2.45) is 5.10 Å². The molecule has 1 unspecified atom stereocenters. The molecule has 2 amide bonds. The maximum absolute atomic E-state index is 12.7. The van der Waals surface area contributed by atoms with Crippen LogP contribution in [0.5, 0.6) is 0 Å². The van der Waals surface area contributed by atoms with Crippen LogP contribution in [0.4, 0.5) is 11.4 Å². The second-order valence-electron chi connectivity index (χ2n) is 7.34. The van der Waals surface area contributed by atoms with Crippen LogP contribution < -0.4 is 15.6 Å². The Labute approximate surface area is 168 Å². The van der Waals surface area contributed by atoms with Crippen molar-refractivity contribution in [2.75, 3.05) is 10.3 Å². The lowest BCUT2D eigenvalue weighted by atomic mass is 10.1. The molecule has 7 heteroatoms. The van der Waals surface area contributed by atoms with E-state index in [2.05, 4.69) is 15.7 Å². The molecule has 29 heavy (non-hydrogen) atoms. The van der Waals surface area contributed by atoms with Crippen molar-refractivity contribution in [2.45, 2.75) is 38.3 Å². The van der Waals surface area contributed by atoms with Crippen LogP contribution in [0, 0.1) is 0 Å². The molecule has 0 aromatic heterocycles. The molecule has 2 aromatic rings. The van der Waals surface area contributed by atoms with Crippen molar-refractivity contribution in [1.82, 2.24) is 5.32 Å². The molecule has 2 aromatic carbocycles. The summed E-state index contributed by atoms with van der Waals surface area (Å²) in [5.74, 6) is -0.510. The predicted molar refractivity (Wildman–Crippen MR) is 111 cm³/mol. The van der Waals surface area contributed by atoms with Gasteiger partial charge >= 0.3 is 0 Å². The molecule has 0 spiro atoms. The first-order chi connectivity index (χ1) is 14.0. The van der Waals surface area contributed by atoms with E-state index in [0.29, 0.717) is 23.0 Å². The molecule has 1 atom stereocenters. The van der Waals surface area contributed by atoms with Crippen molar-refractivity contribution in [3.63, 3.8) is 0 Å². The number of nitrogens with zero attached hydrogens (tertiary/aromatic N) is 2. The molecule has 1 aliphatic heterocycles. The van der Waals surface area contributed by atoms with Crippen molar-refractivity contribution >= 4 is 34.7 Å². The largest absolute Gasteiger partial charge is 0.349 e. The number of carbonyl (C=O) groups is 3. The van der Waals surface area contributed by atoms with Crippen LogP contribution in [-0.2, 0) is 9.59 Å². The molecule has 7 nitrogen and oxygen atoms in total. The Morgan fingerprint density at radius 3 is 2.28 bits per heavy atom. The van der Waals surface area contributed by atoms with E-state index in [1.54, 1.807) is 29.3 Å². The van der Waals surface area contributed by atoms with E-state index in [0.717, 1.165) is 18.5 Å². The zero-order valence-corrected chi connectivity index (χ0v) is 16.1. The van der Waals surface area contributed by atoms with Crippen LogP contribution in [-0.4, -0.2) is 35.4 Å². The van der Waals surface area contributed by atoms with Gasteiger partial charge < -0.3 is 10.6 Å². The van der Waals surface area contributed by atoms with Crippen LogP contribution in [0.3, 0.4) is 0 Å². The summed E-state index contributed by atoms with van der Waals surface area (Å²) < 4.78 is 0. The molecule has 4 rings (SSSR count). The second-order valence-corrected chi connectivity index (χ2v) is 7.34. The Morgan fingerprint density at radius 2 is 1.66 bits per heavy atom. The van der Waals surface area contributed by atoms with Crippen LogP contribution in [0.15, 0.2) is 59.7 Å². The van der Waals surface area contributed by atoms with Crippen LogP contribution in [0.25, 0.3) is 0 Å². The zero-order chi connectivity index (χ0) is 20.4. The fraction of sp³-hybridized carbons (Fsp3) is 0.273. The molecule has 0 saturated heterocycles. The summed E-state index contributed by atoms with van der Waals surface area (Å²) >= 11 is 0. The first-order valence-corrected chi connectivity index (χ1v) is 9.66. The third kappa shape index (κ3) is 4.34. The number of ketones is 1. The summed E-state index contributed by atoms with van der Waals surface area (Å²) in [6, 6.07) is 15.8. The number of Topliss-reactive ketones (excluding diaryl/α,β-unsaturated/α-hetero) is 1. The molecule has 1 aliphatic carbocycles. The smallest absolute Gasteiger partial charge is 0.271 e. The minimum atomic E-state index is -0.494. The van der Waals surface area contributed by atoms with Gasteiger partial charge in [0.2, 0.25) is 0 Å². The van der Waals surface area contributed by atoms with E-state index in [9.17, 15) is 14.4 Å². The fourth-order valence-electron chi connectivity index (χ4n) is 3.19. The van der Waals surface area contributed by atoms with E-state index in [-0.39, 0.29) is 24.0 Å². The Hall–Kier alpha value is -3.48. The van der Waals surface area contributed by atoms with Gasteiger partial charge in [-0.25, -0.2) is 0 Å². The summed E-state index contributed by atoms with van der Waals surface area (Å²) in [5.41, 5.74) is 2.18. The Morgan fingerprint density at radius 1 is 0.966 bits per heavy atom. The van der Waals surface area contributed by atoms with Crippen molar-refractivity contribution in [3.8, 4) is 0 Å². The highest BCUT2D eigenvalue weighted by Gasteiger charge is 2.34. The van der Waals surface area contributed by atoms with Gasteiger partial charge in [0, 0.05) is 23.7 Å². The molecule has 1 fully saturated rings. The maximum Gasteiger partial charge on any atom is 0.271 e. The monoisotopic (exact) mass is 390 g/mol. The highest BCUT2D eigenvalue weighted by molar-refractivity contribution is 6.44. The average Bonchev–Trinajstić information content (AvgIpc) is 3.42. The van der Waals surface area contributed by atoms with Crippen LogP contribution >= 0.6 is 0 Å². The summed E-state index contributed by atoms with van der Waals surface area (Å²) in [6.07, 6.45) is 2.31. The number of amides is 2. The fourth-order valence-corrected chi connectivity index (χ4v) is 3.19. The van der Waals surface area contributed by atoms with Gasteiger partial charge in [-0.1, -0.05) is 18.2 Å². The molecule has 0 radical (unpaired) electrons. The van der Waals surface area contributed by atoms with Gasteiger partial charge in [-0.3, -0.25) is 19.4 Å². The number of hydrogen-bond donors (Lipinski definition) is 2. The van der Waals surface area contributed by atoms with Gasteiger partial charge in [0.1, 0.15) is 11.8 Å². The highest BCUT2D eigenvalue weighted by atomic mass is 16.2. The number of para-hydroxylation sites is 1. The average molecular weight is 390 g/mol. The van der Waals surface area contributed by atoms with E-state index in [1.807, 2.05) is 30.3 Å². The van der Waals surface area contributed by atoms with Gasteiger partial charge in [-0.05, 0) is 56.2 Å². The lowest BCUT2D eigenvalue weighted by Gasteiger charge is -2.20. The van der Waals surface area contributed by atoms with Gasteiger partial charge in [0.25, 0.3) is 11.8 Å². The number of hydrazone groups is 1. The van der Waals surface area contributed by atoms with Crippen molar-refractivity contribution in [3.05, 3.63) is 60.2 Å². The minimum absolute atomic E-state index is 0.0496. The Kier molecular flexibility index (Phi) is 5.12. The van der Waals surface area contributed by atoms with Gasteiger partial charge in [0.05, 0.1) is 5.69 Å². The molecule has 2 N–H and O–H groups in total. The SMILES string of the molecule is CC(=O)C1CC(C(=O)Nc2ccc(C(=O)NC3CC3)cc2)=NN1c1ccccc1. The van der Waals surface area contributed by atoms with E-state index in [1.165, 1.54) is 6.92 Å². The number of carbonyl (C=O) groups excluding carboxylic acids is 3. The third-order valence-electron chi connectivity index (χ3n) is 4.98. The number of anilines is 2. The van der Waals surface area contributed by atoms with E-state index >= 15 is 0 Å². The maximum atomic E-state index is 12.7. The van der Waals surface area contributed by atoms with Crippen molar-refractivity contribution < 1.29 is 14.4 Å². The second kappa shape index (κ2) is 7.87. The first kappa shape index (κ1) is 18.9. The van der Waals surface area contributed by atoms with Crippen molar-refractivity contribution in [1.29, 1.82) is 0 Å². The predicted octanol–water partition coefficient (Wildman–Crippen LogP) is 2.74. The number of benzene rings is 2. The summed E-state index contributed by atoms with van der Waals surface area (Å²) in [6.45, 7) is 1.50. The highest BCUT2D eigenvalue weighted by Crippen LogP contribution is 2.25.